The lowest BCUT2D eigenvalue weighted by atomic mass is 10.3. The highest BCUT2D eigenvalue weighted by molar-refractivity contribution is 7.13. The Balaban J connectivity index is 2.09. The van der Waals surface area contributed by atoms with Gasteiger partial charge in [0, 0.05) is 6.07 Å². The van der Waals surface area contributed by atoms with E-state index < -0.39 is 0 Å². The number of aromatic nitrogens is 2. The Morgan fingerprint density at radius 2 is 1.94 bits per heavy atom. The van der Waals surface area contributed by atoms with Gasteiger partial charge in [0.1, 0.15) is 16.5 Å². The summed E-state index contributed by atoms with van der Waals surface area (Å²) in [6.07, 6.45) is 0. The highest BCUT2D eigenvalue weighted by Crippen LogP contribution is 2.27. The molecule has 0 atom stereocenters. The van der Waals surface area contributed by atoms with Gasteiger partial charge in [0.2, 0.25) is 0 Å². The van der Waals surface area contributed by atoms with Gasteiger partial charge in [-0.3, -0.25) is 0 Å². The molecular weight excluding hydrogens is 238 g/mol. The lowest BCUT2D eigenvalue weighted by Gasteiger charge is -1.97. The van der Waals surface area contributed by atoms with Crippen molar-refractivity contribution in [3.63, 3.8) is 0 Å². The van der Waals surface area contributed by atoms with E-state index in [0.717, 1.165) is 15.6 Å². The molecule has 2 N–H and O–H groups in total. The Bertz CT molecular complexity index is 579. The van der Waals surface area contributed by atoms with Gasteiger partial charge in [-0.2, -0.15) is 5.10 Å². The SMILES string of the molecule is Nc1cc(-c2cccs2)nn1-c1cccs1. The average molecular weight is 247 g/mol. The molecule has 0 aliphatic heterocycles. The van der Waals surface area contributed by atoms with Crippen molar-refractivity contribution in [2.24, 2.45) is 0 Å². The van der Waals surface area contributed by atoms with Crippen LogP contribution in [0.1, 0.15) is 0 Å². The molecule has 16 heavy (non-hydrogen) atoms. The Labute approximate surface area is 101 Å². The topological polar surface area (TPSA) is 43.8 Å². The van der Waals surface area contributed by atoms with Gasteiger partial charge >= 0.3 is 0 Å². The smallest absolute Gasteiger partial charge is 0.128 e. The number of nitrogen functional groups attached to an aromatic ring is 1. The fraction of sp³-hybridized carbons (Fsp3) is 0. The second-order valence-electron chi connectivity index (χ2n) is 3.29. The van der Waals surface area contributed by atoms with E-state index in [9.17, 15) is 0 Å². The zero-order valence-corrected chi connectivity index (χ0v) is 9.96. The van der Waals surface area contributed by atoms with Crippen molar-refractivity contribution in [2.45, 2.75) is 0 Å². The highest BCUT2D eigenvalue weighted by Gasteiger charge is 2.09. The van der Waals surface area contributed by atoms with E-state index in [1.54, 1.807) is 27.4 Å². The summed E-state index contributed by atoms with van der Waals surface area (Å²) in [6.45, 7) is 0. The van der Waals surface area contributed by atoms with Gasteiger partial charge < -0.3 is 5.73 Å². The molecule has 0 saturated carbocycles. The number of hydrogen-bond acceptors (Lipinski definition) is 4. The van der Waals surface area contributed by atoms with Gasteiger partial charge in [-0.25, -0.2) is 4.68 Å². The normalized spacial score (nSPS) is 10.8. The molecule has 3 rings (SSSR count). The lowest BCUT2D eigenvalue weighted by Crippen LogP contribution is -1.98. The molecule has 0 fully saturated rings. The van der Waals surface area contributed by atoms with E-state index in [2.05, 4.69) is 5.10 Å². The third-order valence-corrected chi connectivity index (χ3v) is 3.96. The van der Waals surface area contributed by atoms with Crippen LogP contribution in [-0.4, -0.2) is 9.78 Å². The maximum absolute atomic E-state index is 5.95. The molecule has 0 aliphatic carbocycles. The molecule has 3 nitrogen and oxygen atoms in total. The highest BCUT2D eigenvalue weighted by atomic mass is 32.1. The first-order valence-electron chi connectivity index (χ1n) is 4.78. The van der Waals surface area contributed by atoms with Crippen molar-refractivity contribution in [1.29, 1.82) is 0 Å². The molecule has 0 unspecified atom stereocenters. The van der Waals surface area contributed by atoms with Crippen LogP contribution < -0.4 is 5.73 Å². The second-order valence-corrected chi connectivity index (χ2v) is 5.17. The first-order chi connectivity index (χ1) is 7.84. The van der Waals surface area contributed by atoms with Crippen LogP contribution in [0.3, 0.4) is 0 Å². The van der Waals surface area contributed by atoms with Crippen molar-refractivity contribution in [1.82, 2.24) is 9.78 Å². The van der Waals surface area contributed by atoms with E-state index in [1.165, 1.54) is 0 Å². The van der Waals surface area contributed by atoms with Crippen LogP contribution in [0.25, 0.3) is 15.6 Å². The molecule has 5 heteroatoms. The van der Waals surface area contributed by atoms with Crippen LogP contribution in [-0.2, 0) is 0 Å². The number of hydrogen-bond donors (Lipinski definition) is 1. The molecule has 0 bridgehead atoms. The summed E-state index contributed by atoms with van der Waals surface area (Å²) in [5, 5.41) is 9.60. The predicted molar refractivity (Wildman–Crippen MR) is 69.2 cm³/mol. The minimum absolute atomic E-state index is 0.672. The van der Waals surface area contributed by atoms with E-state index >= 15 is 0 Å². The Morgan fingerprint density at radius 1 is 1.12 bits per heavy atom. The Morgan fingerprint density at radius 3 is 2.62 bits per heavy atom. The van der Waals surface area contributed by atoms with E-state index in [4.69, 9.17) is 5.73 Å². The quantitative estimate of drug-likeness (QED) is 0.755. The first kappa shape index (κ1) is 9.62. The molecule has 0 spiro atoms. The summed E-state index contributed by atoms with van der Waals surface area (Å²) in [4.78, 5) is 1.14. The molecule has 0 radical (unpaired) electrons. The Kier molecular flexibility index (Phi) is 2.27. The first-order valence-corrected chi connectivity index (χ1v) is 6.54. The van der Waals surface area contributed by atoms with Crippen molar-refractivity contribution < 1.29 is 0 Å². The fourth-order valence-electron chi connectivity index (χ4n) is 1.51. The number of anilines is 1. The van der Waals surface area contributed by atoms with Crippen LogP contribution >= 0.6 is 22.7 Å². The Hall–Kier alpha value is -1.59. The summed E-state index contributed by atoms with van der Waals surface area (Å²) >= 11 is 3.29. The summed E-state index contributed by atoms with van der Waals surface area (Å²) in [6, 6.07) is 9.97. The number of rotatable bonds is 2. The predicted octanol–water partition coefficient (Wildman–Crippen LogP) is 3.24. The number of thiophene rings is 2. The van der Waals surface area contributed by atoms with E-state index in [-0.39, 0.29) is 0 Å². The fourth-order valence-corrected chi connectivity index (χ4v) is 2.89. The van der Waals surface area contributed by atoms with Gasteiger partial charge in [0.05, 0.1) is 4.88 Å². The molecule has 0 aliphatic rings. The average Bonchev–Trinajstić information content (AvgIpc) is 2.97. The van der Waals surface area contributed by atoms with Crippen molar-refractivity contribution in [3.05, 3.63) is 41.1 Å². The lowest BCUT2D eigenvalue weighted by molar-refractivity contribution is 0.913. The van der Waals surface area contributed by atoms with Gasteiger partial charge in [-0.05, 0) is 29.0 Å². The second kappa shape index (κ2) is 3.77. The number of nitrogens with two attached hydrogens (primary N) is 1. The third kappa shape index (κ3) is 1.54. The summed E-state index contributed by atoms with van der Waals surface area (Å²) < 4.78 is 1.78. The van der Waals surface area contributed by atoms with Crippen LogP contribution in [0, 0.1) is 0 Å². The van der Waals surface area contributed by atoms with E-state index in [1.807, 2.05) is 41.1 Å². The standard InChI is InChI=1S/C11H9N3S2/c12-10-7-8(9-3-1-5-15-9)13-14(10)11-4-2-6-16-11/h1-7H,12H2. The van der Waals surface area contributed by atoms with E-state index in [0.29, 0.717) is 5.82 Å². The van der Waals surface area contributed by atoms with Crippen molar-refractivity contribution in [3.8, 4) is 15.6 Å². The van der Waals surface area contributed by atoms with Gasteiger partial charge in [-0.15, -0.1) is 22.7 Å². The zero-order chi connectivity index (χ0) is 11.0. The van der Waals surface area contributed by atoms with Crippen LogP contribution in [0.5, 0.6) is 0 Å². The minimum Gasteiger partial charge on any atom is -0.384 e. The minimum atomic E-state index is 0.672. The summed E-state index contributed by atoms with van der Waals surface area (Å²) in [7, 11) is 0. The molecule has 80 valence electrons. The molecule has 3 aromatic rings. The van der Waals surface area contributed by atoms with Gasteiger partial charge in [-0.1, -0.05) is 6.07 Å². The molecular formula is C11H9N3S2. The van der Waals surface area contributed by atoms with Crippen LogP contribution in [0.15, 0.2) is 41.1 Å². The van der Waals surface area contributed by atoms with Gasteiger partial charge in [0.25, 0.3) is 0 Å². The molecule has 0 amide bonds. The number of nitrogens with zero attached hydrogens (tertiary/aromatic N) is 2. The summed E-state index contributed by atoms with van der Waals surface area (Å²) in [5.41, 5.74) is 6.88. The van der Waals surface area contributed by atoms with Gasteiger partial charge in [0.15, 0.2) is 0 Å². The van der Waals surface area contributed by atoms with Crippen molar-refractivity contribution >= 4 is 28.5 Å². The van der Waals surface area contributed by atoms with Crippen LogP contribution in [0.2, 0.25) is 0 Å². The maximum atomic E-state index is 5.95. The van der Waals surface area contributed by atoms with Crippen molar-refractivity contribution in [2.75, 3.05) is 5.73 Å². The maximum Gasteiger partial charge on any atom is 0.128 e. The molecule has 3 aromatic heterocycles. The van der Waals surface area contributed by atoms with Crippen LogP contribution in [0.4, 0.5) is 5.82 Å². The molecule has 0 aromatic carbocycles. The monoisotopic (exact) mass is 247 g/mol. The molecule has 3 heterocycles. The molecule has 0 saturated heterocycles. The largest absolute Gasteiger partial charge is 0.384 e. The third-order valence-electron chi connectivity index (χ3n) is 2.23. The summed E-state index contributed by atoms with van der Waals surface area (Å²) in [5.74, 6) is 0.672. The zero-order valence-electron chi connectivity index (χ0n) is 8.33.